The second-order valence-electron chi connectivity index (χ2n) is 6.31. The van der Waals surface area contributed by atoms with Crippen LogP contribution in [0.4, 0.5) is 0 Å². The van der Waals surface area contributed by atoms with E-state index in [0.29, 0.717) is 12.0 Å². The van der Waals surface area contributed by atoms with Crippen LogP contribution >= 0.6 is 15.9 Å². The van der Waals surface area contributed by atoms with Gasteiger partial charge in [0.1, 0.15) is 5.75 Å². The molecule has 4 heteroatoms. The standard InChI is InChI=1S/C17H24BrNO2/c18-13-5-8-15-16(2-1-9-21-17(15)10-13)19-11-12-3-6-14(20)7-4-12/h5,8,10,12,14,16,19-20H,1-4,6-7,9,11H2. The second-order valence-corrected chi connectivity index (χ2v) is 7.22. The Labute approximate surface area is 135 Å². The highest BCUT2D eigenvalue weighted by molar-refractivity contribution is 9.10. The Hall–Kier alpha value is -0.580. The maximum Gasteiger partial charge on any atom is 0.125 e. The fourth-order valence-corrected chi connectivity index (χ4v) is 3.76. The number of aliphatic hydroxyl groups is 1. The third-order valence-corrected chi connectivity index (χ3v) is 5.21. The van der Waals surface area contributed by atoms with Crippen LogP contribution in [0.25, 0.3) is 0 Å². The van der Waals surface area contributed by atoms with Gasteiger partial charge in [-0.15, -0.1) is 0 Å². The molecule has 1 unspecified atom stereocenters. The quantitative estimate of drug-likeness (QED) is 0.868. The van der Waals surface area contributed by atoms with Crippen LogP contribution < -0.4 is 10.1 Å². The van der Waals surface area contributed by atoms with Crippen molar-refractivity contribution in [2.45, 2.75) is 50.7 Å². The van der Waals surface area contributed by atoms with Gasteiger partial charge in [0, 0.05) is 16.1 Å². The fraction of sp³-hybridized carbons (Fsp3) is 0.647. The van der Waals surface area contributed by atoms with Gasteiger partial charge in [0.25, 0.3) is 0 Å². The molecule has 1 fully saturated rings. The van der Waals surface area contributed by atoms with Crippen LogP contribution in [-0.4, -0.2) is 24.4 Å². The third-order valence-electron chi connectivity index (χ3n) is 4.71. The summed E-state index contributed by atoms with van der Waals surface area (Å²) in [5.41, 5.74) is 1.28. The Balaban J connectivity index is 1.63. The molecular weight excluding hydrogens is 330 g/mol. The van der Waals surface area contributed by atoms with E-state index in [4.69, 9.17) is 4.74 Å². The van der Waals surface area contributed by atoms with Gasteiger partial charge in [-0.05, 0) is 63.1 Å². The lowest BCUT2D eigenvalue weighted by Gasteiger charge is -2.28. The van der Waals surface area contributed by atoms with Crippen molar-refractivity contribution in [2.75, 3.05) is 13.2 Å². The lowest BCUT2D eigenvalue weighted by Crippen LogP contribution is -2.30. The molecule has 0 saturated heterocycles. The van der Waals surface area contributed by atoms with Crippen LogP contribution in [0.5, 0.6) is 5.75 Å². The Bertz CT molecular complexity index is 472. The van der Waals surface area contributed by atoms with Gasteiger partial charge < -0.3 is 15.2 Å². The first-order valence-corrected chi connectivity index (χ1v) is 8.85. The Morgan fingerprint density at radius 3 is 2.81 bits per heavy atom. The van der Waals surface area contributed by atoms with E-state index in [2.05, 4.69) is 39.4 Å². The normalized spacial score (nSPS) is 29.3. The van der Waals surface area contributed by atoms with Gasteiger partial charge in [0.2, 0.25) is 0 Å². The summed E-state index contributed by atoms with van der Waals surface area (Å²) in [6.45, 7) is 1.85. The first-order valence-electron chi connectivity index (χ1n) is 8.06. The Kier molecular flexibility index (Phi) is 5.19. The largest absolute Gasteiger partial charge is 0.493 e. The molecule has 21 heavy (non-hydrogen) atoms. The number of rotatable bonds is 3. The van der Waals surface area contributed by atoms with Gasteiger partial charge >= 0.3 is 0 Å². The van der Waals surface area contributed by atoms with Crippen molar-refractivity contribution in [2.24, 2.45) is 5.92 Å². The Morgan fingerprint density at radius 2 is 2.00 bits per heavy atom. The molecule has 0 spiro atoms. The number of nitrogens with one attached hydrogen (secondary N) is 1. The zero-order valence-electron chi connectivity index (χ0n) is 12.4. The molecule has 1 heterocycles. The third kappa shape index (κ3) is 3.99. The minimum Gasteiger partial charge on any atom is -0.493 e. The average Bonchev–Trinajstić information content (AvgIpc) is 2.68. The summed E-state index contributed by atoms with van der Waals surface area (Å²) < 4.78 is 6.93. The van der Waals surface area contributed by atoms with Crippen molar-refractivity contribution in [3.05, 3.63) is 28.2 Å². The van der Waals surface area contributed by atoms with E-state index in [1.807, 2.05) is 0 Å². The van der Waals surface area contributed by atoms with E-state index in [1.165, 1.54) is 5.56 Å². The summed E-state index contributed by atoms with van der Waals surface area (Å²) in [5, 5.41) is 13.3. The average molecular weight is 354 g/mol. The molecule has 3 rings (SSSR count). The first kappa shape index (κ1) is 15.3. The minimum atomic E-state index is -0.0643. The molecule has 1 aliphatic heterocycles. The molecule has 1 saturated carbocycles. The molecule has 1 aromatic carbocycles. The minimum absolute atomic E-state index is 0.0643. The molecular formula is C17H24BrNO2. The van der Waals surface area contributed by atoms with Crippen molar-refractivity contribution >= 4 is 15.9 Å². The fourth-order valence-electron chi connectivity index (χ4n) is 3.42. The van der Waals surface area contributed by atoms with Crippen molar-refractivity contribution < 1.29 is 9.84 Å². The summed E-state index contributed by atoms with van der Waals surface area (Å²) in [6.07, 6.45) is 6.37. The van der Waals surface area contributed by atoms with Crippen molar-refractivity contribution in [1.82, 2.24) is 5.32 Å². The van der Waals surface area contributed by atoms with Crippen molar-refractivity contribution in [3.8, 4) is 5.75 Å². The lowest BCUT2D eigenvalue weighted by molar-refractivity contribution is 0.107. The zero-order chi connectivity index (χ0) is 14.7. The van der Waals surface area contributed by atoms with E-state index in [1.54, 1.807) is 0 Å². The smallest absolute Gasteiger partial charge is 0.125 e. The van der Waals surface area contributed by atoms with Crippen molar-refractivity contribution in [1.29, 1.82) is 0 Å². The predicted octanol–water partition coefficient (Wildman–Crippen LogP) is 3.80. The Morgan fingerprint density at radius 1 is 1.19 bits per heavy atom. The monoisotopic (exact) mass is 353 g/mol. The summed E-state index contributed by atoms with van der Waals surface area (Å²) in [7, 11) is 0. The maximum absolute atomic E-state index is 9.60. The van der Waals surface area contributed by atoms with Crippen LogP contribution in [0.1, 0.15) is 50.1 Å². The highest BCUT2D eigenvalue weighted by Gasteiger charge is 2.23. The highest BCUT2D eigenvalue weighted by atomic mass is 79.9. The van der Waals surface area contributed by atoms with Crippen LogP contribution in [0.3, 0.4) is 0 Å². The predicted molar refractivity (Wildman–Crippen MR) is 87.6 cm³/mol. The zero-order valence-corrected chi connectivity index (χ0v) is 13.9. The molecule has 0 bridgehead atoms. The van der Waals surface area contributed by atoms with Crippen LogP contribution in [0.15, 0.2) is 22.7 Å². The molecule has 0 aromatic heterocycles. The van der Waals surface area contributed by atoms with E-state index in [0.717, 1.165) is 61.9 Å². The molecule has 1 aromatic rings. The molecule has 2 N–H and O–H groups in total. The summed E-state index contributed by atoms with van der Waals surface area (Å²) in [5.74, 6) is 1.72. The number of hydrogen-bond donors (Lipinski definition) is 2. The number of aliphatic hydroxyl groups excluding tert-OH is 1. The first-order chi connectivity index (χ1) is 10.2. The lowest BCUT2D eigenvalue weighted by atomic mass is 9.87. The molecule has 1 aliphatic carbocycles. The summed E-state index contributed by atoms with van der Waals surface area (Å²) in [6, 6.07) is 6.74. The molecule has 3 nitrogen and oxygen atoms in total. The molecule has 0 amide bonds. The molecule has 0 radical (unpaired) electrons. The number of halogens is 1. The number of benzene rings is 1. The molecule has 1 atom stereocenters. The van der Waals surface area contributed by atoms with Crippen molar-refractivity contribution in [3.63, 3.8) is 0 Å². The van der Waals surface area contributed by atoms with Gasteiger partial charge in [-0.2, -0.15) is 0 Å². The van der Waals surface area contributed by atoms with E-state index < -0.39 is 0 Å². The van der Waals surface area contributed by atoms with Crippen LogP contribution in [-0.2, 0) is 0 Å². The summed E-state index contributed by atoms with van der Waals surface area (Å²) >= 11 is 3.52. The van der Waals surface area contributed by atoms with E-state index >= 15 is 0 Å². The van der Waals surface area contributed by atoms with E-state index in [9.17, 15) is 5.11 Å². The van der Waals surface area contributed by atoms with Gasteiger partial charge in [0.15, 0.2) is 0 Å². The van der Waals surface area contributed by atoms with Gasteiger partial charge in [-0.3, -0.25) is 0 Å². The number of hydrogen-bond acceptors (Lipinski definition) is 3. The summed E-state index contributed by atoms with van der Waals surface area (Å²) in [4.78, 5) is 0. The van der Waals surface area contributed by atoms with Crippen LogP contribution in [0.2, 0.25) is 0 Å². The molecule has 116 valence electrons. The van der Waals surface area contributed by atoms with Gasteiger partial charge in [0.05, 0.1) is 12.7 Å². The SMILES string of the molecule is OC1CCC(CNC2CCCOc3cc(Br)ccc32)CC1. The number of ether oxygens (including phenoxy) is 1. The van der Waals surface area contributed by atoms with Crippen LogP contribution in [0, 0.1) is 5.92 Å². The van der Waals surface area contributed by atoms with Gasteiger partial charge in [-0.25, -0.2) is 0 Å². The van der Waals surface area contributed by atoms with Gasteiger partial charge in [-0.1, -0.05) is 22.0 Å². The number of fused-ring (bicyclic) bond motifs is 1. The topological polar surface area (TPSA) is 41.5 Å². The maximum atomic E-state index is 9.60. The van der Waals surface area contributed by atoms with E-state index in [-0.39, 0.29) is 6.10 Å². The second kappa shape index (κ2) is 7.12. The highest BCUT2D eigenvalue weighted by Crippen LogP contribution is 2.34. The molecule has 2 aliphatic rings.